The normalized spacial score (nSPS) is 12.3. The van der Waals surface area contributed by atoms with Crippen molar-refractivity contribution in [2.24, 2.45) is 0 Å². The summed E-state index contributed by atoms with van der Waals surface area (Å²) in [5.74, 6) is -1.00. The molecule has 0 saturated heterocycles. The maximum Gasteiger partial charge on any atom is 0.421 e. The first-order valence-electron chi connectivity index (χ1n) is 5.75. The summed E-state index contributed by atoms with van der Waals surface area (Å²) in [7, 11) is 0. The van der Waals surface area contributed by atoms with E-state index >= 15 is 0 Å². The van der Waals surface area contributed by atoms with Crippen molar-refractivity contribution in [2.45, 2.75) is 12.4 Å². The summed E-state index contributed by atoms with van der Waals surface area (Å²) < 4.78 is 81.0. The van der Waals surface area contributed by atoms with Crippen LogP contribution in [0.5, 0.6) is 11.6 Å². The molecule has 1 heterocycles. The molecule has 1 aromatic carbocycles. The van der Waals surface area contributed by atoms with Crippen molar-refractivity contribution in [3.63, 3.8) is 0 Å². The standard InChI is InChI=1S/C13H8F6N2O/c14-12(15,16)7-5-10(13(17,18)19)11(21-6-7)22-9-3-1-8(20)2-4-9/h1-6H,20H2. The molecule has 0 aliphatic carbocycles. The summed E-state index contributed by atoms with van der Waals surface area (Å²) >= 11 is 0. The lowest BCUT2D eigenvalue weighted by molar-refractivity contribution is -0.144. The van der Waals surface area contributed by atoms with E-state index in [1.54, 1.807) is 0 Å². The third kappa shape index (κ3) is 3.60. The van der Waals surface area contributed by atoms with Gasteiger partial charge < -0.3 is 10.5 Å². The molecular weight excluding hydrogens is 314 g/mol. The minimum atomic E-state index is -5.04. The van der Waals surface area contributed by atoms with E-state index in [0.29, 0.717) is 5.69 Å². The predicted molar refractivity (Wildman–Crippen MR) is 65.2 cm³/mol. The summed E-state index contributed by atoms with van der Waals surface area (Å²) in [6, 6.07) is 5.24. The Balaban J connectivity index is 2.44. The Morgan fingerprint density at radius 1 is 0.909 bits per heavy atom. The topological polar surface area (TPSA) is 48.1 Å². The van der Waals surface area contributed by atoms with E-state index in [-0.39, 0.29) is 18.0 Å². The van der Waals surface area contributed by atoms with E-state index in [0.717, 1.165) is 0 Å². The Morgan fingerprint density at radius 3 is 2.00 bits per heavy atom. The molecule has 2 aromatic rings. The minimum Gasteiger partial charge on any atom is -0.438 e. The zero-order valence-electron chi connectivity index (χ0n) is 10.7. The number of ether oxygens (including phenoxy) is 1. The zero-order chi connectivity index (χ0) is 16.5. The van der Waals surface area contributed by atoms with Gasteiger partial charge in [0.05, 0.1) is 5.56 Å². The van der Waals surface area contributed by atoms with Gasteiger partial charge in [-0.3, -0.25) is 0 Å². The number of benzene rings is 1. The molecule has 0 aliphatic heterocycles. The number of rotatable bonds is 2. The second-order valence-corrected chi connectivity index (χ2v) is 4.24. The van der Waals surface area contributed by atoms with Gasteiger partial charge in [0.1, 0.15) is 11.3 Å². The summed E-state index contributed by atoms with van der Waals surface area (Å²) in [6.07, 6.45) is -9.70. The Kier molecular flexibility index (Phi) is 3.90. The van der Waals surface area contributed by atoms with E-state index in [1.807, 2.05) is 0 Å². The zero-order valence-corrected chi connectivity index (χ0v) is 10.7. The predicted octanol–water partition coefficient (Wildman–Crippen LogP) is 4.49. The third-order valence-corrected chi connectivity index (χ3v) is 2.58. The average Bonchev–Trinajstić information content (AvgIpc) is 2.39. The lowest BCUT2D eigenvalue weighted by atomic mass is 10.2. The van der Waals surface area contributed by atoms with Crippen LogP contribution in [0.25, 0.3) is 0 Å². The fourth-order valence-electron chi connectivity index (χ4n) is 1.54. The fraction of sp³-hybridized carbons (Fsp3) is 0.154. The Hall–Kier alpha value is -2.45. The molecule has 22 heavy (non-hydrogen) atoms. The SMILES string of the molecule is Nc1ccc(Oc2ncc(C(F)(F)F)cc2C(F)(F)F)cc1. The number of halogens is 6. The van der Waals surface area contributed by atoms with Gasteiger partial charge >= 0.3 is 12.4 Å². The summed E-state index contributed by atoms with van der Waals surface area (Å²) in [5.41, 5.74) is 2.64. The van der Waals surface area contributed by atoms with Gasteiger partial charge in [0.2, 0.25) is 5.88 Å². The van der Waals surface area contributed by atoms with Crippen molar-refractivity contribution in [2.75, 3.05) is 5.73 Å². The maximum atomic E-state index is 12.9. The largest absolute Gasteiger partial charge is 0.438 e. The van der Waals surface area contributed by atoms with Crippen LogP contribution >= 0.6 is 0 Å². The van der Waals surface area contributed by atoms with Crippen LogP contribution in [0.4, 0.5) is 32.0 Å². The molecule has 0 saturated carbocycles. The highest BCUT2D eigenvalue weighted by Gasteiger charge is 2.40. The molecule has 0 amide bonds. The summed E-state index contributed by atoms with van der Waals surface area (Å²) in [4.78, 5) is 3.14. The van der Waals surface area contributed by atoms with Crippen molar-refractivity contribution in [3.05, 3.63) is 47.7 Å². The second-order valence-electron chi connectivity index (χ2n) is 4.24. The molecule has 0 fully saturated rings. The van der Waals surface area contributed by atoms with Crippen molar-refractivity contribution in [1.29, 1.82) is 0 Å². The minimum absolute atomic E-state index is 0.0352. The average molecular weight is 322 g/mol. The monoisotopic (exact) mass is 322 g/mol. The van der Waals surface area contributed by atoms with Gasteiger partial charge in [0.15, 0.2) is 0 Å². The van der Waals surface area contributed by atoms with E-state index in [4.69, 9.17) is 10.5 Å². The lowest BCUT2D eigenvalue weighted by Gasteiger charge is -2.15. The van der Waals surface area contributed by atoms with Gasteiger partial charge in [-0.05, 0) is 30.3 Å². The van der Waals surface area contributed by atoms with Crippen LogP contribution in [-0.2, 0) is 12.4 Å². The number of pyridine rings is 1. The van der Waals surface area contributed by atoms with E-state index in [2.05, 4.69) is 4.98 Å². The van der Waals surface area contributed by atoms with Crippen LogP contribution in [0.2, 0.25) is 0 Å². The Bertz CT molecular complexity index is 664. The molecule has 0 radical (unpaired) electrons. The molecule has 0 bridgehead atoms. The number of aromatic nitrogens is 1. The van der Waals surface area contributed by atoms with Crippen molar-refractivity contribution >= 4 is 5.69 Å². The molecule has 1 aromatic heterocycles. The van der Waals surface area contributed by atoms with Gasteiger partial charge in [-0.25, -0.2) is 4.98 Å². The van der Waals surface area contributed by atoms with E-state index < -0.39 is 29.4 Å². The number of alkyl halides is 6. The van der Waals surface area contributed by atoms with Crippen LogP contribution in [0.15, 0.2) is 36.5 Å². The van der Waals surface area contributed by atoms with Gasteiger partial charge in [0, 0.05) is 11.9 Å². The first-order valence-corrected chi connectivity index (χ1v) is 5.75. The number of nitrogens with two attached hydrogens (primary N) is 1. The third-order valence-electron chi connectivity index (χ3n) is 2.58. The highest BCUT2D eigenvalue weighted by molar-refractivity contribution is 5.43. The molecule has 0 atom stereocenters. The number of hydrogen-bond donors (Lipinski definition) is 1. The van der Waals surface area contributed by atoms with Gasteiger partial charge in [-0.1, -0.05) is 0 Å². The van der Waals surface area contributed by atoms with Gasteiger partial charge in [0.25, 0.3) is 0 Å². The highest BCUT2D eigenvalue weighted by Crippen LogP contribution is 2.40. The molecular formula is C13H8F6N2O. The van der Waals surface area contributed by atoms with E-state index in [9.17, 15) is 26.3 Å². The van der Waals surface area contributed by atoms with Crippen LogP contribution in [0.3, 0.4) is 0 Å². The molecule has 9 heteroatoms. The molecule has 0 aliphatic rings. The fourth-order valence-corrected chi connectivity index (χ4v) is 1.54. The summed E-state index contributed by atoms with van der Waals surface area (Å²) in [6.45, 7) is 0. The van der Waals surface area contributed by atoms with Crippen molar-refractivity contribution < 1.29 is 31.1 Å². The molecule has 2 N–H and O–H groups in total. The molecule has 0 unspecified atom stereocenters. The quantitative estimate of drug-likeness (QED) is 0.654. The van der Waals surface area contributed by atoms with Crippen molar-refractivity contribution in [3.8, 4) is 11.6 Å². The van der Waals surface area contributed by atoms with Gasteiger partial charge in [-0.15, -0.1) is 0 Å². The van der Waals surface area contributed by atoms with Crippen LogP contribution in [0.1, 0.15) is 11.1 Å². The molecule has 3 nitrogen and oxygen atoms in total. The Morgan fingerprint density at radius 2 is 1.50 bits per heavy atom. The Labute approximate surface area is 120 Å². The first kappa shape index (κ1) is 15.9. The molecule has 118 valence electrons. The number of nitrogens with zero attached hydrogens (tertiary/aromatic N) is 1. The number of hydrogen-bond acceptors (Lipinski definition) is 3. The van der Waals surface area contributed by atoms with Crippen LogP contribution in [-0.4, -0.2) is 4.98 Å². The number of anilines is 1. The molecule has 0 spiro atoms. The van der Waals surface area contributed by atoms with Crippen LogP contribution in [0, 0.1) is 0 Å². The van der Waals surface area contributed by atoms with Crippen LogP contribution < -0.4 is 10.5 Å². The van der Waals surface area contributed by atoms with E-state index in [1.165, 1.54) is 24.3 Å². The second kappa shape index (κ2) is 5.39. The number of nitrogen functional groups attached to an aromatic ring is 1. The smallest absolute Gasteiger partial charge is 0.421 e. The maximum absolute atomic E-state index is 12.9. The lowest BCUT2D eigenvalue weighted by Crippen LogP contribution is -2.13. The first-order chi connectivity index (χ1) is 10.1. The molecule has 2 rings (SSSR count). The highest BCUT2D eigenvalue weighted by atomic mass is 19.4. The van der Waals surface area contributed by atoms with Crippen molar-refractivity contribution in [1.82, 2.24) is 4.98 Å². The van der Waals surface area contributed by atoms with Gasteiger partial charge in [-0.2, -0.15) is 26.3 Å². The summed E-state index contributed by atoms with van der Waals surface area (Å²) in [5, 5.41) is 0.